The molecule has 1 aromatic carbocycles. The van der Waals surface area contributed by atoms with Gasteiger partial charge in [-0.25, -0.2) is 4.79 Å². The van der Waals surface area contributed by atoms with Crippen LogP contribution in [0.5, 0.6) is 0 Å². The fourth-order valence-corrected chi connectivity index (χ4v) is 1.78. The summed E-state index contributed by atoms with van der Waals surface area (Å²) in [5, 5.41) is 2.49. The third-order valence-electron chi connectivity index (χ3n) is 3.08. The lowest BCUT2D eigenvalue weighted by atomic mass is 10.0. The van der Waals surface area contributed by atoms with Crippen molar-refractivity contribution in [2.24, 2.45) is 5.92 Å². The lowest BCUT2D eigenvalue weighted by molar-refractivity contribution is -0.145. The molecule has 1 rings (SSSR count). The van der Waals surface area contributed by atoms with Crippen LogP contribution >= 0.6 is 0 Å². The van der Waals surface area contributed by atoms with Gasteiger partial charge in [0.25, 0.3) is 0 Å². The first kappa shape index (κ1) is 18.7. The fourth-order valence-electron chi connectivity index (χ4n) is 1.78. The molecule has 0 spiro atoms. The Bertz CT molecular complexity index is 577. The van der Waals surface area contributed by atoms with Gasteiger partial charge in [-0.05, 0) is 29.7 Å². The normalized spacial score (nSPS) is 13.2. The number of amides is 1. The maximum atomic E-state index is 12.4. The van der Waals surface area contributed by atoms with Gasteiger partial charge in [0, 0.05) is 6.08 Å². The molecule has 0 aliphatic heterocycles. The van der Waals surface area contributed by atoms with Crippen molar-refractivity contribution in [1.29, 1.82) is 0 Å². The Morgan fingerprint density at radius 3 is 2.17 bits per heavy atom. The van der Waals surface area contributed by atoms with E-state index in [0.29, 0.717) is 5.56 Å². The summed E-state index contributed by atoms with van der Waals surface area (Å²) in [4.78, 5) is 23.3. The van der Waals surface area contributed by atoms with Gasteiger partial charge in [0.15, 0.2) is 0 Å². The molecule has 0 unspecified atom stereocenters. The zero-order valence-electron chi connectivity index (χ0n) is 13.0. The Kier molecular flexibility index (Phi) is 6.36. The molecule has 1 atom stereocenters. The highest BCUT2D eigenvalue weighted by molar-refractivity contribution is 5.94. The second-order valence-corrected chi connectivity index (χ2v) is 5.21. The lowest BCUT2D eigenvalue weighted by Gasteiger charge is -2.18. The molecule has 0 saturated heterocycles. The number of methoxy groups -OCH3 is 1. The maximum absolute atomic E-state index is 12.4. The molecular weight excluding hydrogens is 311 g/mol. The van der Waals surface area contributed by atoms with Crippen molar-refractivity contribution in [3.63, 3.8) is 0 Å². The number of carbonyl (C=O) groups is 2. The van der Waals surface area contributed by atoms with Gasteiger partial charge in [-0.2, -0.15) is 13.2 Å². The smallest absolute Gasteiger partial charge is 0.416 e. The van der Waals surface area contributed by atoms with Gasteiger partial charge in [-0.3, -0.25) is 4.79 Å². The molecule has 23 heavy (non-hydrogen) atoms. The maximum Gasteiger partial charge on any atom is 0.416 e. The largest absolute Gasteiger partial charge is 0.467 e. The van der Waals surface area contributed by atoms with Crippen molar-refractivity contribution in [3.8, 4) is 0 Å². The number of esters is 1. The van der Waals surface area contributed by atoms with E-state index >= 15 is 0 Å². The standard InChI is InChI=1S/C16H18F3NO3/c1-10(2)14(15(22)23-3)20-13(21)9-6-11-4-7-12(8-5-11)16(17,18)19/h4-10,14H,1-3H3,(H,20,21)/b9-6+/t14-/m0/s1. The fraction of sp³-hybridized carbons (Fsp3) is 0.375. The average Bonchev–Trinajstić information content (AvgIpc) is 2.49. The number of carbonyl (C=O) groups excluding carboxylic acids is 2. The first-order valence-electron chi connectivity index (χ1n) is 6.89. The number of hydrogen-bond donors (Lipinski definition) is 1. The SMILES string of the molecule is COC(=O)[C@@H](NC(=O)/C=C/c1ccc(C(F)(F)F)cc1)C(C)C. The summed E-state index contributed by atoms with van der Waals surface area (Å²) in [6.07, 6.45) is -1.88. The predicted octanol–water partition coefficient (Wildman–Crippen LogP) is 3.03. The van der Waals surface area contributed by atoms with E-state index in [0.717, 1.165) is 18.2 Å². The minimum absolute atomic E-state index is 0.161. The summed E-state index contributed by atoms with van der Waals surface area (Å²) >= 11 is 0. The molecular formula is C16H18F3NO3. The van der Waals surface area contributed by atoms with Crippen LogP contribution in [0.15, 0.2) is 30.3 Å². The summed E-state index contributed by atoms with van der Waals surface area (Å²) < 4.78 is 41.9. The van der Waals surface area contributed by atoms with Crippen molar-refractivity contribution in [1.82, 2.24) is 5.32 Å². The Labute approximate surface area is 132 Å². The highest BCUT2D eigenvalue weighted by Gasteiger charge is 2.29. The predicted molar refractivity (Wildman–Crippen MR) is 79.3 cm³/mol. The number of hydrogen-bond acceptors (Lipinski definition) is 3. The van der Waals surface area contributed by atoms with Gasteiger partial charge >= 0.3 is 12.1 Å². The first-order valence-corrected chi connectivity index (χ1v) is 6.89. The van der Waals surface area contributed by atoms with Gasteiger partial charge < -0.3 is 10.1 Å². The zero-order chi connectivity index (χ0) is 17.6. The highest BCUT2D eigenvalue weighted by Crippen LogP contribution is 2.29. The topological polar surface area (TPSA) is 55.4 Å². The number of rotatable bonds is 5. The Morgan fingerprint density at radius 1 is 1.17 bits per heavy atom. The molecule has 1 amide bonds. The molecule has 1 aromatic rings. The van der Waals surface area contributed by atoms with E-state index in [2.05, 4.69) is 10.1 Å². The molecule has 0 aromatic heterocycles. The van der Waals surface area contributed by atoms with E-state index in [1.54, 1.807) is 13.8 Å². The second-order valence-electron chi connectivity index (χ2n) is 5.21. The van der Waals surface area contributed by atoms with Gasteiger partial charge in [-0.15, -0.1) is 0 Å². The van der Waals surface area contributed by atoms with Crippen molar-refractivity contribution in [2.75, 3.05) is 7.11 Å². The van der Waals surface area contributed by atoms with Crippen LogP contribution in [-0.4, -0.2) is 25.0 Å². The van der Waals surface area contributed by atoms with Crippen molar-refractivity contribution in [3.05, 3.63) is 41.5 Å². The number of benzene rings is 1. The first-order chi connectivity index (χ1) is 10.6. The number of nitrogens with one attached hydrogen (secondary N) is 1. The Morgan fingerprint density at radius 2 is 1.74 bits per heavy atom. The van der Waals surface area contributed by atoms with Crippen LogP contribution in [-0.2, 0) is 20.5 Å². The molecule has 0 heterocycles. The van der Waals surface area contributed by atoms with Gasteiger partial charge in [0.2, 0.25) is 5.91 Å². The number of ether oxygens (including phenoxy) is 1. The van der Waals surface area contributed by atoms with Gasteiger partial charge in [0.1, 0.15) is 6.04 Å². The molecule has 0 saturated carbocycles. The monoisotopic (exact) mass is 329 g/mol. The molecule has 0 aliphatic carbocycles. The summed E-state index contributed by atoms with van der Waals surface area (Å²) in [5.41, 5.74) is -0.322. The van der Waals surface area contributed by atoms with Crippen LogP contribution in [0, 0.1) is 5.92 Å². The van der Waals surface area contributed by atoms with Gasteiger partial charge in [-0.1, -0.05) is 26.0 Å². The molecule has 0 fully saturated rings. The van der Waals surface area contributed by atoms with E-state index in [1.165, 1.54) is 25.3 Å². The third-order valence-corrected chi connectivity index (χ3v) is 3.08. The van der Waals surface area contributed by atoms with Crippen LogP contribution < -0.4 is 5.32 Å². The summed E-state index contributed by atoms with van der Waals surface area (Å²) in [7, 11) is 1.22. The van der Waals surface area contributed by atoms with E-state index < -0.39 is 29.7 Å². The van der Waals surface area contributed by atoms with Crippen LogP contribution in [0.2, 0.25) is 0 Å². The summed E-state index contributed by atoms with van der Waals surface area (Å²) in [6, 6.07) is 3.59. The molecule has 126 valence electrons. The Balaban J connectivity index is 2.73. The third kappa shape index (κ3) is 5.77. The summed E-state index contributed by atoms with van der Waals surface area (Å²) in [5.74, 6) is -1.25. The van der Waals surface area contributed by atoms with E-state index in [-0.39, 0.29) is 5.92 Å². The molecule has 0 radical (unpaired) electrons. The molecule has 4 nitrogen and oxygen atoms in total. The summed E-state index contributed by atoms with van der Waals surface area (Å²) in [6.45, 7) is 3.50. The molecule has 0 aliphatic rings. The number of halogens is 3. The zero-order valence-corrected chi connectivity index (χ0v) is 13.0. The number of alkyl halides is 3. The van der Waals surface area contributed by atoms with E-state index in [1.807, 2.05) is 0 Å². The van der Waals surface area contributed by atoms with Crippen molar-refractivity contribution < 1.29 is 27.5 Å². The average molecular weight is 329 g/mol. The second kappa shape index (κ2) is 7.80. The molecule has 7 heteroatoms. The highest BCUT2D eigenvalue weighted by atomic mass is 19.4. The van der Waals surface area contributed by atoms with E-state index in [4.69, 9.17) is 0 Å². The minimum Gasteiger partial charge on any atom is -0.467 e. The lowest BCUT2D eigenvalue weighted by Crippen LogP contribution is -2.44. The van der Waals surface area contributed by atoms with Crippen LogP contribution in [0.4, 0.5) is 13.2 Å². The van der Waals surface area contributed by atoms with Crippen LogP contribution in [0.25, 0.3) is 6.08 Å². The van der Waals surface area contributed by atoms with Crippen molar-refractivity contribution >= 4 is 18.0 Å². The molecule has 0 bridgehead atoms. The van der Waals surface area contributed by atoms with Gasteiger partial charge in [0.05, 0.1) is 12.7 Å². The van der Waals surface area contributed by atoms with Crippen LogP contribution in [0.1, 0.15) is 25.0 Å². The van der Waals surface area contributed by atoms with Crippen molar-refractivity contribution in [2.45, 2.75) is 26.1 Å². The minimum atomic E-state index is -4.40. The Hall–Kier alpha value is -2.31. The van der Waals surface area contributed by atoms with E-state index in [9.17, 15) is 22.8 Å². The quantitative estimate of drug-likeness (QED) is 0.667. The van der Waals surface area contributed by atoms with Crippen LogP contribution in [0.3, 0.4) is 0 Å². The molecule has 1 N–H and O–H groups in total.